The van der Waals surface area contributed by atoms with Gasteiger partial charge in [0.2, 0.25) is 5.91 Å². The summed E-state index contributed by atoms with van der Waals surface area (Å²) >= 11 is 3.36. The highest BCUT2D eigenvalue weighted by molar-refractivity contribution is 9.09. The fourth-order valence-corrected chi connectivity index (χ4v) is 2.27. The van der Waals surface area contributed by atoms with E-state index >= 15 is 0 Å². The molecule has 1 aromatic carbocycles. The van der Waals surface area contributed by atoms with Gasteiger partial charge in [-0.15, -0.1) is 0 Å². The van der Waals surface area contributed by atoms with Gasteiger partial charge in [-0.3, -0.25) is 9.48 Å². The second-order valence-electron chi connectivity index (χ2n) is 4.59. The Balaban J connectivity index is 1.83. The first-order valence-electron chi connectivity index (χ1n) is 6.70. The first kappa shape index (κ1) is 14.8. The maximum atomic E-state index is 11.7. The molecule has 2 aromatic rings. The van der Waals surface area contributed by atoms with E-state index in [4.69, 9.17) is 0 Å². The quantitative estimate of drug-likeness (QED) is 0.622. The summed E-state index contributed by atoms with van der Waals surface area (Å²) in [5.41, 5.74) is 2.00. The number of carbonyl (C=O) groups is 1. The molecule has 4 nitrogen and oxygen atoms in total. The van der Waals surface area contributed by atoms with Crippen LogP contribution in [0.4, 0.5) is 5.69 Å². The normalized spacial score (nSPS) is 10.4. The Morgan fingerprint density at radius 2 is 2.05 bits per heavy atom. The Kier molecular flexibility index (Phi) is 5.80. The second kappa shape index (κ2) is 7.85. The SMILES string of the molecule is O=C(CCCCBr)Nc1ccc(Cn2cccn2)cc1. The molecule has 1 heterocycles. The van der Waals surface area contributed by atoms with Gasteiger partial charge in [0, 0.05) is 29.8 Å². The van der Waals surface area contributed by atoms with E-state index in [2.05, 4.69) is 26.3 Å². The first-order valence-corrected chi connectivity index (χ1v) is 7.82. The van der Waals surface area contributed by atoms with Crippen LogP contribution in [0.15, 0.2) is 42.7 Å². The van der Waals surface area contributed by atoms with Crippen molar-refractivity contribution in [3.05, 3.63) is 48.3 Å². The topological polar surface area (TPSA) is 46.9 Å². The van der Waals surface area contributed by atoms with Crippen molar-refractivity contribution in [2.24, 2.45) is 0 Å². The van der Waals surface area contributed by atoms with E-state index in [1.165, 1.54) is 0 Å². The summed E-state index contributed by atoms with van der Waals surface area (Å²) in [6.45, 7) is 0.743. The smallest absolute Gasteiger partial charge is 0.224 e. The number of anilines is 1. The summed E-state index contributed by atoms with van der Waals surface area (Å²) in [5, 5.41) is 8.02. The van der Waals surface area contributed by atoms with Crippen LogP contribution in [0.5, 0.6) is 0 Å². The van der Waals surface area contributed by atoms with Crippen LogP contribution < -0.4 is 5.32 Å². The summed E-state index contributed by atoms with van der Waals surface area (Å²) in [4.78, 5) is 11.7. The van der Waals surface area contributed by atoms with E-state index in [0.29, 0.717) is 6.42 Å². The van der Waals surface area contributed by atoms with E-state index in [-0.39, 0.29) is 5.91 Å². The van der Waals surface area contributed by atoms with Gasteiger partial charge in [-0.1, -0.05) is 28.1 Å². The lowest BCUT2D eigenvalue weighted by atomic mass is 10.2. The zero-order valence-electron chi connectivity index (χ0n) is 11.3. The Morgan fingerprint density at radius 3 is 2.70 bits per heavy atom. The lowest BCUT2D eigenvalue weighted by Gasteiger charge is -2.06. The number of benzene rings is 1. The van der Waals surface area contributed by atoms with E-state index in [1.54, 1.807) is 6.20 Å². The van der Waals surface area contributed by atoms with E-state index in [1.807, 2.05) is 41.2 Å². The monoisotopic (exact) mass is 335 g/mol. The third-order valence-corrected chi connectivity index (χ3v) is 3.49. The molecular weight excluding hydrogens is 318 g/mol. The van der Waals surface area contributed by atoms with Crippen LogP contribution in [0.3, 0.4) is 0 Å². The number of nitrogens with zero attached hydrogens (tertiary/aromatic N) is 2. The number of aromatic nitrogens is 2. The number of halogens is 1. The van der Waals surface area contributed by atoms with Crippen LogP contribution in [0.1, 0.15) is 24.8 Å². The molecule has 20 heavy (non-hydrogen) atoms. The number of alkyl halides is 1. The molecule has 2 rings (SSSR count). The summed E-state index contributed by atoms with van der Waals surface area (Å²) in [5.74, 6) is 0.0748. The van der Waals surface area contributed by atoms with Crippen molar-refractivity contribution in [2.45, 2.75) is 25.8 Å². The number of amides is 1. The molecule has 5 heteroatoms. The first-order chi connectivity index (χ1) is 9.78. The average molecular weight is 336 g/mol. The van der Waals surface area contributed by atoms with Gasteiger partial charge in [0.25, 0.3) is 0 Å². The largest absolute Gasteiger partial charge is 0.326 e. The van der Waals surface area contributed by atoms with Crippen LogP contribution in [0, 0.1) is 0 Å². The predicted molar refractivity (Wildman–Crippen MR) is 84.0 cm³/mol. The minimum atomic E-state index is 0.0748. The molecule has 0 saturated carbocycles. The standard InChI is InChI=1S/C15H18BrN3O/c16-9-2-1-4-15(20)18-14-7-5-13(6-8-14)12-19-11-3-10-17-19/h3,5-8,10-11H,1-2,4,9,12H2,(H,18,20). The molecule has 1 amide bonds. The molecular formula is C15H18BrN3O. The maximum Gasteiger partial charge on any atom is 0.224 e. The number of carbonyl (C=O) groups excluding carboxylic acids is 1. The lowest BCUT2D eigenvalue weighted by Crippen LogP contribution is -2.11. The Morgan fingerprint density at radius 1 is 1.25 bits per heavy atom. The molecule has 1 N–H and O–H groups in total. The number of rotatable bonds is 7. The van der Waals surface area contributed by atoms with Gasteiger partial charge in [-0.05, 0) is 36.6 Å². The van der Waals surface area contributed by atoms with Crippen molar-refractivity contribution >= 4 is 27.5 Å². The number of hydrogen-bond acceptors (Lipinski definition) is 2. The van der Waals surface area contributed by atoms with Gasteiger partial charge < -0.3 is 5.32 Å². The summed E-state index contributed by atoms with van der Waals surface area (Å²) in [6.07, 6.45) is 6.20. The minimum Gasteiger partial charge on any atom is -0.326 e. The molecule has 106 valence electrons. The van der Waals surface area contributed by atoms with Crippen LogP contribution in [-0.2, 0) is 11.3 Å². The number of hydrogen-bond donors (Lipinski definition) is 1. The van der Waals surface area contributed by atoms with Gasteiger partial charge in [0.15, 0.2) is 0 Å². The zero-order chi connectivity index (χ0) is 14.2. The summed E-state index contributed by atoms with van der Waals surface area (Å²) < 4.78 is 1.87. The van der Waals surface area contributed by atoms with Gasteiger partial charge in [-0.2, -0.15) is 5.10 Å². The molecule has 0 aliphatic heterocycles. The van der Waals surface area contributed by atoms with Gasteiger partial charge in [0.1, 0.15) is 0 Å². The maximum absolute atomic E-state index is 11.7. The Labute approximate surface area is 127 Å². The molecule has 0 fully saturated rings. The summed E-state index contributed by atoms with van der Waals surface area (Å²) in [7, 11) is 0. The second-order valence-corrected chi connectivity index (χ2v) is 5.39. The molecule has 0 spiro atoms. The predicted octanol–water partition coefficient (Wildman–Crippen LogP) is 3.44. The molecule has 0 atom stereocenters. The highest BCUT2D eigenvalue weighted by Gasteiger charge is 2.02. The van der Waals surface area contributed by atoms with Crippen LogP contribution >= 0.6 is 15.9 Å². The van der Waals surface area contributed by atoms with Crippen molar-refractivity contribution in [2.75, 3.05) is 10.6 Å². The molecule has 0 aliphatic rings. The fraction of sp³-hybridized carbons (Fsp3) is 0.333. The van der Waals surface area contributed by atoms with Crippen molar-refractivity contribution in [1.29, 1.82) is 0 Å². The number of nitrogens with one attached hydrogen (secondary N) is 1. The zero-order valence-corrected chi connectivity index (χ0v) is 12.8. The molecule has 0 bridgehead atoms. The molecule has 0 saturated heterocycles. The Hall–Kier alpha value is -1.62. The minimum absolute atomic E-state index is 0.0748. The highest BCUT2D eigenvalue weighted by atomic mass is 79.9. The van der Waals surface area contributed by atoms with E-state index < -0.39 is 0 Å². The van der Waals surface area contributed by atoms with Crippen LogP contribution in [0.2, 0.25) is 0 Å². The van der Waals surface area contributed by atoms with Crippen molar-refractivity contribution < 1.29 is 4.79 Å². The Bertz CT molecular complexity index is 523. The molecule has 0 aliphatic carbocycles. The molecule has 1 aromatic heterocycles. The van der Waals surface area contributed by atoms with Gasteiger partial charge in [0.05, 0.1) is 6.54 Å². The highest BCUT2D eigenvalue weighted by Crippen LogP contribution is 2.11. The fourth-order valence-electron chi connectivity index (χ4n) is 1.88. The van der Waals surface area contributed by atoms with E-state index in [0.717, 1.165) is 36.0 Å². The van der Waals surface area contributed by atoms with E-state index in [9.17, 15) is 4.79 Å². The third kappa shape index (κ3) is 4.81. The van der Waals surface area contributed by atoms with Crippen LogP contribution in [-0.4, -0.2) is 21.0 Å². The average Bonchev–Trinajstić information content (AvgIpc) is 2.94. The van der Waals surface area contributed by atoms with Crippen molar-refractivity contribution in [3.63, 3.8) is 0 Å². The van der Waals surface area contributed by atoms with Gasteiger partial charge in [-0.25, -0.2) is 0 Å². The lowest BCUT2D eigenvalue weighted by molar-refractivity contribution is -0.116. The van der Waals surface area contributed by atoms with Crippen molar-refractivity contribution in [3.8, 4) is 0 Å². The molecule has 0 unspecified atom stereocenters. The molecule has 0 radical (unpaired) electrons. The number of unbranched alkanes of at least 4 members (excludes halogenated alkanes) is 1. The van der Waals surface area contributed by atoms with Gasteiger partial charge >= 0.3 is 0 Å². The third-order valence-electron chi connectivity index (χ3n) is 2.93. The summed E-state index contributed by atoms with van der Waals surface area (Å²) in [6, 6.07) is 9.79. The van der Waals surface area contributed by atoms with Crippen LogP contribution in [0.25, 0.3) is 0 Å². The van der Waals surface area contributed by atoms with Crippen molar-refractivity contribution in [1.82, 2.24) is 9.78 Å².